The van der Waals surface area contributed by atoms with Gasteiger partial charge in [0.15, 0.2) is 0 Å². The maximum absolute atomic E-state index is 9.68. The molecule has 0 radical (unpaired) electrons. The van der Waals surface area contributed by atoms with E-state index < -0.39 is 0 Å². The Morgan fingerprint density at radius 3 is 3.09 bits per heavy atom. The van der Waals surface area contributed by atoms with E-state index >= 15 is 0 Å². The van der Waals surface area contributed by atoms with E-state index in [2.05, 4.69) is 21.0 Å². The van der Waals surface area contributed by atoms with E-state index in [9.17, 15) is 4.79 Å². The fraction of sp³-hybridized carbons (Fsp3) is 0. The third-order valence-corrected chi connectivity index (χ3v) is 0.955. The van der Waals surface area contributed by atoms with Crippen molar-refractivity contribution in [2.75, 3.05) is 0 Å². The molecule has 1 aromatic heterocycles. The van der Waals surface area contributed by atoms with E-state index in [1.54, 1.807) is 0 Å². The second-order valence-corrected chi connectivity index (χ2v) is 1.75. The molecule has 0 unspecified atom stereocenters. The fourth-order valence-corrected chi connectivity index (χ4v) is 0.550. The first-order chi connectivity index (χ1) is 4.83. The smallest absolute Gasteiger partial charge is 0.496 e. The summed E-state index contributed by atoms with van der Waals surface area (Å²) in [5.74, 6) is 0. The number of hydrogen-bond donors (Lipinski definition) is 1. The minimum absolute atomic E-state index is 0. The van der Waals surface area contributed by atoms with Gasteiger partial charge in [-0.1, -0.05) is 5.15 Å². The summed E-state index contributed by atoms with van der Waals surface area (Å²) in [6, 6.07) is 2.48. The van der Waals surface area contributed by atoms with Gasteiger partial charge in [0.05, 0.1) is 12.7 Å². The Hall–Kier alpha value is -0.472. The maximum Gasteiger partial charge on any atom is 2.00 e. The number of amides is 1. The molecule has 1 amide bonds. The Morgan fingerprint density at radius 2 is 2.55 bits per heavy atom. The molecule has 0 saturated carbocycles. The molecule has 0 aliphatic heterocycles. The van der Waals surface area contributed by atoms with Crippen molar-refractivity contribution in [2.24, 2.45) is 4.99 Å². The summed E-state index contributed by atoms with van der Waals surface area (Å²) in [6.07, 6.45) is 2.63. The molecule has 1 rings (SSSR count). The van der Waals surface area contributed by atoms with Crippen LogP contribution < -0.4 is 5.49 Å². The van der Waals surface area contributed by atoms with Crippen LogP contribution in [0.1, 0.15) is 0 Å². The van der Waals surface area contributed by atoms with Crippen molar-refractivity contribution >= 4 is 18.0 Å². The number of nitrogens with zero attached hydrogens (tertiary/aromatic N) is 2. The van der Waals surface area contributed by atoms with Crippen molar-refractivity contribution in [3.63, 3.8) is 0 Å². The largest absolute Gasteiger partial charge is 2.00 e. The Labute approximate surface area is 82.0 Å². The zero-order valence-electron chi connectivity index (χ0n) is 5.17. The number of carbonyl (C=O) groups excluding carboxylic acids is 1. The zero-order chi connectivity index (χ0) is 7.40. The molecule has 1 N–H and O–H groups in total. The van der Waals surface area contributed by atoms with Gasteiger partial charge in [0, 0.05) is 0 Å². The van der Waals surface area contributed by atoms with Crippen LogP contribution in [0.15, 0.2) is 11.3 Å². The minimum Gasteiger partial charge on any atom is -0.496 e. The Balaban J connectivity index is 0.000001000. The normalized spacial score (nSPS) is 10.5. The predicted octanol–water partition coefficient (Wildman–Crippen LogP) is -0.171. The standard InChI is InChI=1S/C5H2ClN3O.W/c6-4-1-5(9-3-10)8-2-7-4;/h2H,(H,7,8,9,10);/q-2;+2. The molecule has 0 atom stereocenters. The van der Waals surface area contributed by atoms with Crippen LogP contribution in [0.4, 0.5) is 0 Å². The first kappa shape index (κ1) is 10.5. The van der Waals surface area contributed by atoms with Crippen molar-refractivity contribution in [1.29, 1.82) is 0 Å². The van der Waals surface area contributed by atoms with Crippen molar-refractivity contribution in [1.82, 2.24) is 9.97 Å². The summed E-state index contributed by atoms with van der Waals surface area (Å²) in [5.41, 5.74) is 0.124. The van der Waals surface area contributed by atoms with E-state index in [0.717, 1.165) is 0 Å². The molecule has 1 heterocycles. The van der Waals surface area contributed by atoms with Crippen molar-refractivity contribution < 1.29 is 25.9 Å². The van der Waals surface area contributed by atoms with E-state index in [0.29, 0.717) is 0 Å². The van der Waals surface area contributed by atoms with Gasteiger partial charge in [-0.15, -0.1) is 11.6 Å². The number of rotatable bonds is 1. The molecule has 0 aliphatic carbocycles. The van der Waals surface area contributed by atoms with Crippen LogP contribution >= 0.6 is 11.6 Å². The molecular formula is C5H2ClN3OW. The number of aromatic amines is 1. The Kier molecular flexibility index (Phi) is 4.99. The average molecular weight is 339 g/mol. The van der Waals surface area contributed by atoms with Crippen LogP contribution in [0.5, 0.6) is 0 Å². The van der Waals surface area contributed by atoms with Crippen molar-refractivity contribution in [3.8, 4) is 0 Å². The minimum atomic E-state index is 0. The third-order valence-electron chi connectivity index (χ3n) is 0.751. The molecule has 0 bridgehead atoms. The topological polar surface area (TPSA) is 58.1 Å². The Morgan fingerprint density at radius 1 is 1.82 bits per heavy atom. The molecule has 0 aliphatic rings. The summed E-state index contributed by atoms with van der Waals surface area (Å²) < 4.78 is 0. The SMILES string of the molecule is O=[C-]N=c1[c-]c(Cl)[nH]cn1.[W+2]. The van der Waals surface area contributed by atoms with Crippen LogP contribution in [0.2, 0.25) is 5.15 Å². The van der Waals surface area contributed by atoms with Gasteiger partial charge < -0.3 is 25.8 Å². The van der Waals surface area contributed by atoms with Crippen molar-refractivity contribution in [3.05, 3.63) is 23.0 Å². The van der Waals surface area contributed by atoms with E-state index in [4.69, 9.17) is 11.6 Å². The zero-order valence-corrected chi connectivity index (χ0v) is 8.86. The number of H-pyrrole nitrogens is 1. The number of nitrogens with one attached hydrogen (secondary N) is 1. The van der Waals surface area contributed by atoms with Crippen LogP contribution in [-0.4, -0.2) is 16.4 Å². The molecule has 0 spiro atoms. The van der Waals surface area contributed by atoms with Gasteiger partial charge >= 0.3 is 21.1 Å². The average Bonchev–Trinajstić information content (AvgIpc) is 1.88. The summed E-state index contributed by atoms with van der Waals surface area (Å²) in [4.78, 5) is 19.0. The van der Waals surface area contributed by atoms with Gasteiger partial charge in [-0.3, -0.25) is 0 Å². The molecule has 0 fully saturated rings. The summed E-state index contributed by atoms with van der Waals surface area (Å²) in [7, 11) is 0. The molecule has 4 nitrogen and oxygen atoms in total. The van der Waals surface area contributed by atoms with Crippen LogP contribution in [0.25, 0.3) is 0 Å². The summed E-state index contributed by atoms with van der Waals surface area (Å²) >= 11 is 5.44. The number of halogens is 1. The van der Waals surface area contributed by atoms with Gasteiger partial charge in [0.2, 0.25) is 0 Å². The van der Waals surface area contributed by atoms with Gasteiger partial charge in [-0.25, -0.2) is 0 Å². The van der Waals surface area contributed by atoms with E-state index in [1.165, 1.54) is 12.7 Å². The number of hydrogen-bond acceptors (Lipinski definition) is 2. The first-order valence-electron chi connectivity index (χ1n) is 2.36. The second-order valence-electron chi connectivity index (χ2n) is 1.37. The quantitative estimate of drug-likeness (QED) is 0.570. The summed E-state index contributed by atoms with van der Waals surface area (Å²) in [6.45, 7) is 0. The maximum atomic E-state index is 9.68. The first-order valence-corrected chi connectivity index (χ1v) is 2.74. The molecule has 1 aromatic rings. The summed E-state index contributed by atoms with van der Waals surface area (Å²) in [5, 5.41) is 0.254. The van der Waals surface area contributed by atoms with Crippen molar-refractivity contribution in [2.45, 2.75) is 0 Å². The van der Waals surface area contributed by atoms with Gasteiger partial charge in [0.25, 0.3) is 0 Å². The van der Waals surface area contributed by atoms with Gasteiger partial charge in [0.1, 0.15) is 0 Å². The second kappa shape index (κ2) is 5.21. The van der Waals surface area contributed by atoms with Gasteiger partial charge in [-0.2, -0.15) is 5.49 Å². The monoisotopic (exact) mass is 339 g/mol. The van der Waals surface area contributed by atoms with Crippen LogP contribution in [0, 0.1) is 6.07 Å². The van der Waals surface area contributed by atoms with Crippen LogP contribution in [0.3, 0.4) is 0 Å². The number of aromatic nitrogens is 2. The van der Waals surface area contributed by atoms with E-state index in [-0.39, 0.29) is 31.7 Å². The predicted molar refractivity (Wildman–Crippen MR) is 33.7 cm³/mol. The molecule has 0 aromatic carbocycles. The molecule has 0 saturated heterocycles. The fourth-order valence-electron chi connectivity index (χ4n) is 0.417. The third kappa shape index (κ3) is 3.44. The molecule has 11 heavy (non-hydrogen) atoms. The van der Waals surface area contributed by atoms with E-state index in [1.807, 2.05) is 0 Å². The van der Waals surface area contributed by atoms with Gasteiger partial charge in [-0.05, 0) is 0 Å². The molecule has 56 valence electrons. The molecule has 6 heteroatoms. The molecular weight excluding hydrogens is 337 g/mol. The Bertz CT molecular complexity index is 298. The van der Waals surface area contributed by atoms with Crippen LogP contribution in [-0.2, 0) is 25.9 Å².